The van der Waals surface area contributed by atoms with E-state index in [9.17, 15) is 4.39 Å². The molecule has 1 aliphatic rings. The van der Waals surface area contributed by atoms with Gasteiger partial charge in [-0.2, -0.15) is 4.98 Å². The molecule has 1 saturated carbocycles. The minimum Gasteiger partial charge on any atom is -0.362 e. The molecule has 152 valence electrons. The number of fused-ring (bicyclic) bond motifs is 1. The summed E-state index contributed by atoms with van der Waals surface area (Å²) < 4.78 is 13.3. The number of hydrogen-bond donors (Lipinski definition) is 2. The second-order valence-corrected chi connectivity index (χ2v) is 7.99. The second kappa shape index (κ2) is 8.74. The molecule has 6 heteroatoms. The normalized spacial score (nSPS) is 19.3. The lowest BCUT2D eigenvalue weighted by Crippen LogP contribution is -2.37. The molecule has 1 fully saturated rings. The van der Waals surface area contributed by atoms with Gasteiger partial charge in [0.05, 0.1) is 5.52 Å². The Morgan fingerprint density at radius 1 is 0.966 bits per heavy atom. The number of anilines is 2. The van der Waals surface area contributed by atoms with Gasteiger partial charge in [0.1, 0.15) is 11.6 Å². The van der Waals surface area contributed by atoms with Gasteiger partial charge in [-0.15, -0.1) is 0 Å². The summed E-state index contributed by atoms with van der Waals surface area (Å²) in [5.74, 6) is 1.46. The third-order valence-electron chi connectivity index (χ3n) is 5.55. The van der Waals surface area contributed by atoms with E-state index in [0.29, 0.717) is 24.6 Å². The summed E-state index contributed by atoms with van der Waals surface area (Å²) in [6, 6.07) is 15.8. The molecule has 1 heterocycles. The van der Waals surface area contributed by atoms with Crippen molar-refractivity contribution in [2.24, 2.45) is 0 Å². The number of halogens is 1. The lowest BCUT2D eigenvalue weighted by Gasteiger charge is -2.30. The van der Waals surface area contributed by atoms with E-state index in [1.807, 2.05) is 43.3 Å². The molecule has 0 radical (unpaired) electrons. The van der Waals surface area contributed by atoms with Crippen LogP contribution in [0.5, 0.6) is 0 Å². The minimum atomic E-state index is -0.176. The number of aromatic nitrogens is 2. The van der Waals surface area contributed by atoms with E-state index in [4.69, 9.17) is 9.97 Å². The highest BCUT2D eigenvalue weighted by molar-refractivity contribution is 5.90. The number of nitrogens with one attached hydrogen (secondary N) is 2. The van der Waals surface area contributed by atoms with Crippen LogP contribution in [0.15, 0.2) is 48.5 Å². The largest absolute Gasteiger partial charge is 0.362 e. The molecular formula is C23H28FN5. The minimum absolute atomic E-state index is 0.176. The van der Waals surface area contributed by atoms with E-state index >= 15 is 0 Å². The van der Waals surface area contributed by atoms with Crippen molar-refractivity contribution < 1.29 is 4.39 Å². The van der Waals surface area contributed by atoms with Crippen molar-refractivity contribution in [2.45, 2.75) is 44.3 Å². The van der Waals surface area contributed by atoms with Gasteiger partial charge in [-0.3, -0.25) is 0 Å². The van der Waals surface area contributed by atoms with Gasteiger partial charge in [0.2, 0.25) is 5.95 Å². The Hall–Kier alpha value is -2.73. The van der Waals surface area contributed by atoms with Crippen LogP contribution in [0.4, 0.5) is 16.2 Å². The zero-order valence-corrected chi connectivity index (χ0v) is 17.0. The molecule has 0 atom stereocenters. The van der Waals surface area contributed by atoms with Gasteiger partial charge >= 0.3 is 0 Å². The molecule has 4 rings (SSSR count). The second-order valence-electron chi connectivity index (χ2n) is 7.99. The Labute approximate surface area is 171 Å². The molecule has 2 N–H and O–H groups in total. The molecule has 1 aliphatic carbocycles. The van der Waals surface area contributed by atoms with Crippen LogP contribution in [-0.4, -0.2) is 36.1 Å². The van der Waals surface area contributed by atoms with Crippen LogP contribution in [-0.2, 0) is 6.54 Å². The summed E-state index contributed by atoms with van der Waals surface area (Å²) >= 11 is 0. The highest BCUT2D eigenvalue weighted by Gasteiger charge is 2.22. The van der Waals surface area contributed by atoms with Crippen LogP contribution < -0.4 is 15.5 Å². The fourth-order valence-electron chi connectivity index (χ4n) is 4.00. The number of benzene rings is 2. The number of rotatable bonds is 6. The van der Waals surface area contributed by atoms with Gasteiger partial charge < -0.3 is 15.5 Å². The van der Waals surface area contributed by atoms with E-state index in [2.05, 4.69) is 16.7 Å². The van der Waals surface area contributed by atoms with E-state index in [0.717, 1.165) is 48.0 Å². The number of nitrogens with zero attached hydrogens (tertiary/aromatic N) is 3. The van der Waals surface area contributed by atoms with Crippen LogP contribution in [0.25, 0.3) is 10.9 Å². The molecule has 29 heavy (non-hydrogen) atoms. The van der Waals surface area contributed by atoms with Crippen molar-refractivity contribution in [1.82, 2.24) is 15.3 Å². The quantitative estimate of drug-likeness (QED) is 0.652. The van der Waals surface area contributed by atoms with Crippen molar-refractivity contribution >= 4 is 22.7 Å². The molecule has 2 aromatic carbocycles. The molecule has 0 saturated heterocycles. The van der Waals surface area contributed by atoms with Crippen LogP contribution in [0.1, 0.15) is 31.2 Å². The van der Waals surface area contributed by atoms with E-state index < -0.39 is 0 Å². The first-order valence-electron chi connectivity index (χ1n) is 10.3. The van der Waals surface area contributed by atoms with Gasteiger partial charge in [0, 0.05) is 38.1 Å². The topological polar surface area (TPSA) is 53.1 Å². The molecule has 5 nitrogen and oxygen atoms in total. The monoisotopic (exact) mass is 393 g/mol. The Bertz CT molecular complexity index is 966. The average Bonchev–Trinajstić information content (AvgIpc) is 2.72. The smallest absolute Gasteiger partial charge is 0.225 e. The summed E-state index contributed by atoms with van der Waals surface area (Å²) in [5.41, 5.74) is 1.95. The first kappa shape index (κ1) is 19.6. The summed E-state index contributed by atoms with van der Waals surface area (Å²) in [5, 5.41) is 8.17. The van der Waals surface area contributed by atoms with E-state index in [1.165, 1.54) is 6.07 Å². The first-order valence-corrected chi connectivity index (χ1v) is 10.3. The standard InChI is InChI=1S/C23H28FN5/c1-29(2)22-20-8-3-4-9-21(20)27-23(28-22)26-19-12-10-18(11-13-19)25-15-16-6-5-7-17(24)14-16/h3-9,14,18-19,25H,10-13,15H2,1-2H3,(H,26,27,28)/t18-,19+. The molecule has 0 spiro atoms. The third-order valence-corrected chi connectivity index (χ3v) is 5.55. The highest BCUT2D eigenvalue weighted by Crippen LogP contribution is 2.26. The van der Waals surface area contributed by atoms with Crippen molar-refractivity contribution in [3.05, 3.63) is 59.9 Å². The Morgan fingerprint density at radius 3 is 2.48 bits per heavy atom. The summed E-state index contributed by atoms with van der Waals surface area (Å²) in [6.07, 6.45) is 4.30. The SMILES string of the molecule is CN(C)c1nc(N[C@H]2CC[C@@H](NCc3cccc(F)c3)CC2)nc2ccccc12. The number of para-hydroxylation sites is 1. The highest BCUT2D eigenvalue weighted by atomic mass is 19.1. The van der Waals surface area contributed by atoms with Gasteiger partial charge in [-0.05, 0) is 55.5 Å². The summed E-state index contributed by atoms with van der Waals surface area (Å²) in [4.78, 5) is 11.5. The van der Waals surface area contributed by atoms with Crippen molar-refractivity contribution in [3.8, 4) is 0 Å². The summed E-state index contributed by atoms with van der Waals surface area (Å²) in [6.45, 7) is 0.709. The predicted octanol–water partition coefficient (Wildman–Crippen LogP) is 4.35. The van der Waals surface area contributed by atoms with Crippen molar-refractivity contribution in [3.63, 3.8) is 0 Å². The van der Waals surface area contributed by atoms with Gasteiger partial charge in [0.25, 0.3) is 0 Å². The Morgan fingerprint density at radius 2 is 1.72 bits per heavy atom. The van der Waals surface area contributed by atoms with E-state index in [1.54, 1.807) is 12.1 Å². The molecule has 0 aliphatic heterocycles. The third kappa shape index (κ3) is 4.82. The maximum absolute atomic E-state index is 13.3. The molecule has 0 bridgehead atoms. The maximum Gasteiger partial charge on any atom is 0.225 e. The zero-order valence-electron chi connectivity index (χ0n) is 17.0. The fourth-order valence-corrected chi connectivity index (χ4v) is 4.00. The van der Waals surface area contributed by atoms with E-state index in [-0.39, 0.29) is 5.82 Å². The maximum atomic E-state index is 13.3. The summed E-state index contributed by atoms with van der Waals surface area (Å²) in [7, 11) is 4.02. The molecule has 0 unspecified atom stereocenters. The zero-order chi connectivity index (χ0) is 20.2. The molecular weight excluding hydrogens is 365 g/mol. The molecule has 1 aromatic heterocycles. The van der Waals surface area contributed by atoms with Gasteiger partial charge in [0.15, 0.2) is 0 Å². The lowest BCUT2D eigenvalue weighted by atomic mass is 9.91. The van der Waals surface area contributed by atoms with Crippen LogP contribution >= 0.6 is 0 Å². The number of hydrogen-bond acceptors (Lipinski definition) is 5. The fraction of sp³-hybridized carbons (Fsp3) is 0.391. The first-order chi connectivity index (χ1) is 14.1. The van der Waals surface area contributed by atoms with Crippen LogP contribution in [0.3, 0.4) is 0 Å². The predicted molar refractivity (Wildman–Crippen MR) is 117 cm³/mol. The average molecular weight is 394 g/mol. The Kier molecular flexibility index (Phi) is 5.90. The van der Waals surface area contributed by atoms with Crippen LogP contribution in [0, 0.1) is 5.82 Å². The van der Waals surface area contributed by atoms with Crippen LogP contribution in [0.2, 0.25) is 0 Å². The van der Waals surface area contributed by atoms with Gasteiger partial charge in [-0.1, -0.05) is 24.3 Å². The van der Waals surface area contributed by atoms with Crippen molar-refractivity contribution in [1.29, 1.82) is 0 Å². The Balaban J connectivity index is 1.35. The lowest BCUT2D eigenvalue weighted by molar-refractivity contribution is 0.352. The van der Waals surface area contributed by atoms with Gasteiger partial charge in [-0.25, -0.2) is 9.37 Å². The molecule has 3 aromatic rings. The molecule has 0 amide bonds. The van der Waals surface area contributed by atoms with Crippen molar-refractivity contribution in [2.75, 3.05) is 24.3 Å².